The van der Waals surface area contributed by atoms with Gasteiger partial charge in [0, 0.05) is 43.3 Å². The summed E-state index contributed by atoms with van der Waals surface area (Å²) in [7, 11) is 1.73. The van der Waals surface area contributed by atoms with E-state index >= 15 is 0 Å². The molecule has 19 heavy (non-hydrogen) atoms. The van der Waals surface area contributed by atoms with Crippen molar-refractivity contribution in [3.63, 3.8) is 0 Å². The zero-order valence-corrected chi connectivity index (χ0v) is 12.8. The molecule has 1 aromatic rings. The van der Waals surface area contributed by atoms with Crippen LogP contribution in [-0.4, -0.2) is 44.7 Å². The molecule has 1 heterocycles. The van der Waals surface area contributed by atoms with Crippen molar-refractivity contribution < 1.29 is 4.74 Å². The maximum absolute atomic E-state index is 6.22. The molecule has 1 aliphatic rings. The first kappa shape index (κ1) is 14.6. The molecule has 0 radical (unpaired) electrons. The number of ether oxygens (including phenoxy) is 1. The van der Waals surface area contributed by atoms with Gasteiger partial charge in [-0.1, -0.05) is 11.6 Å². The zero-order chi connectivity index (χ0) is 13.8. The van der Waals surface area contributed by atoms with Gasteiger partial charge < -0.3 is 15.0 Å². The highest BCUT2D eigenvalue weighted by Gasteiger charge is 2.15. The Labute approximate surface area is 120 Å². The Hall–Kier alpha value is -0.770. The number of hydrogen-bond acceptors (Lipinski definition) is 3. The first-order valence-electron chi connectivity index (χ1n) is 6.89. The van der Waals surface area contributed by atoms with Crippen molar-refractivity contribution >= 4 is 11.6 Å². The molecule has 0 spiro atoms. The summed E-state index contributed by atoms with van der Waals surface area (Å²) >= 11 is 6.22. The van der Waals surface area contributed by atoms with Crippen molar-refractivity contribution in [3.05, 3.63) is 27.8 Å². The van der Waals surface area contributed by atoms with Crippen molar-refractivity contribution in [3.8, 4) is 5.75 Å². The molecule has 106 valence electrons. The van der Waals surface area contributed by atoms with Gasteiger partial charge in [-0.2, -0.15) is 0 Å². The van der Waals surface area contributed by atoms with E-state index in [0.29, 0.717) is 0 Å². The SMILES string of the molecule is COc1c(C)c(Cl)cc(C)c1CCN1CCNCC1. The topological polar surface area (TPSA) is 24.5 Å². The lowest BCUT2D eigenvalue weighted by Gasteiger charge is -2.27. The number of benzene rings is 1. The standard InChI is InChI=1S/C15H23ClN2O/c1-11-10-14(16)12(2)15(19-3)13(11)4-7-18-8-5-17-6-9-18/h10,17H,4-9H2,1-3H3. The number of halogens is 1. The van der Waals surface area contributed by atoms with Crippen molar-refractivity contribution in [1.82, 2.24) is 10.2 Å². The van der Waals surface area contributed by atoms with Crippen LogP contribution in [-0.2, 0) is 6.42 Å². The van der Waals surface area contributed by atoms with Gasteiger partial charge in [0.2, 0.25) is 0 Å². The van der Waals surface area contributed by atoms with E-state index in [1.54, 1.807) is 7.11 Å². The minimum Gasteiger partial charge on any atom is -0.496 e. The molecule has 0 amide bonds. The van der Waals surface area contributed by atoms with Gasteiger partial charge in [0.25, 0.3) is 0 Å². The highest BCUT2D eigenvalue weighted by molar-refractivity contribution is 6.31. The van der Waals surface area contributed by atoms with Crippen LogP contribution in [0.5, 0.6) is 5.75 Å². The molecular weight excluding hydrogens is 260 g/mol. The van der Waals surface area contributed by atoms with Crippen molar-refractivity contribution in [2.45, 2.75) is 20.3 Å². The van der Waals surface area contributed by atoms with Crippen molar-refractivity contribution in [2.75, 3.05) is 39.8 Å². The fraction of sp³-hybridized carbons (Fsp3) is 0.600. The smallest absolute Gasteiger partial charge is 0.126 e. The Morgan fingerprint density at radius 3 is 2.63 bits per heavy atom. The Kier molecular flexibility index (Phi) is 5.08. The van der Waals surface area contributed by atoms with Gasteiger partial charge in [-0.05, 0) is 37.5 Å². The maximum Gasteiger partial charge on any atom is 0.126 e. The highest BCUT2D eigenvalue weighted by atomic mass is 35.5. The number of nitrogens with one attached hydrogen (secondary N) is 1. The third kappa shape index (κ3) is 3.41. The van der Waals surface area contributed by atoms with Crippen LogP contribution in [0.2, 0.25) is 5.02 Å². The van der Waals surface area contributed by atoms with Crippen LogP contribution in [0.4, 0.5) is 0 Å². The fourth-order valence-electron chi connectivity index (χ4n) is 2.69. The Balaban J connectivity index is 2.12. The summed E-state index contributed by atoms with van der Waals surface area (Å²) in [5.74, 6) is 0.958. The summed E-state index contributed by atoms with van der Waals surface area (Å²) < 4.78 is 5.56. The third-order valence-corrected chi connectivity index (χ3v) is 4.28. The lowest BCUT2D eigenvalue weighted by molar-refractivity contribution is 0.243. The fourth-order valence-corrected chi connectivity index (χ4v) is 2.94. The molecule has 1 aliphatic heterocycles. The number of piperazine rings is 1. The normalized spacial score (nSPS) is 16.6. The molecule has 1 aromatic carbocycles. The van der Waals surface area contributed by atoms with Gasteiger partial charge in [0.05, 0.1) is 7.11 Å². The molecular formula is C15H23ClN2O. The van der Waals surface area contributed by atoms with Gasteiger partial charge in [-0.25, -0.2) is 0 Å². The van der Waals surface area contributed by atoms with Crippen molar-refractivity contribution in [2.24, 2.45) is 0 Å². The molecule has 0 atom stereocenters. The number of nitrogens with zero attached hydrogens (tertiary/aromatic N) is 1. The van der Waals surface area contributed by atoms with Crippen LogP contribution < -0.4 is 10.1 Å². The molecule has 1 fully saturated rings. The molecule has 1 saturated heterocycles. The lowest BCUT2D eigenvalue weighted by Crippen LogP contribution is -2.44. The van der Waals surface area contributed by atoms with E-state index in [0.717, 1.165) is 55.5 Å². The molecule has 3 nitrogen and oxygen atoms in total. The predicted octanol–water partition coefficient (Wildman–Crippen LogP) is 2.41. The summed E-state index contributed by atoms with van der Waals surface area (Å²) in [6.45, 7) is 9.67. The molecule has 2 rings (SSSR count). The predicted molar refractivity (Wildman–Crippen MR) is 80.5 cm³/mol. The minimum atomic E-state index is 0.792. The number of methoxy groups -OCH3 is 1. The van der Waals surface area contributed by atoms with Gasteiger partial charge in [-0.3, -0.25) is 0 Å². The Morgan fingerprint density at radius 2 is 2.00 bits per heavy atom. The third-order valence-electron chi connectivity index (χ3n) is 3.88. The summed E-state index contributed by atoms with van der Waals surface area (Å²) in [5.41, 5.74) is 3.57. The molecule has 1 N–H and O–H groups in total. The highest BCUT2D eigenvalue weighted by Crippen LogP contribution is 2.32. The van der Waals surface area contributed by atoms with E-state index in [-0.39, 0.29) is 0 Å². The van der Waals surface area contributed by atoms with Crippen LogP contribution in [0.3, 0.4) is 0 Å². The summed E-state index contributed by atoms with van der Waals surface area (Å²) in [6, 6.07) is 2.05. The average Bonchev–Trinajstić information content (AvgIpc) is 2.42. The van der Waals surface area contributed by atoms with E-state index in [9.17, 15) is 0 Å². The molecule has 0 unspecified atom stereocenters. The first-order valence-corrected chi connectivity index (χ1v) is 7.27. The van der Waals surface area contributed by atoms with E-state index in [1.165, 1.54) is 11.1 Å². The van der Waals surface area contributed by atoms with Gasteiger partial charge in [-0.15, -0.1) is 0 Å². The van der Waals surface area contributed by atoms with Gasteiger partial charge in [0.15, 0.2) is 0 Å². The van der Waals surface area contributed by atoms with Crippen LogP contribution in [0.25, 0.3) is 0 Å². The summed E-state index contributed by atoms with van der Waals surface area (Å²) in [4.78, 5) is 2.50. The number of hydrogen-bond donors (Lipinski definition) is 1. The van der Waals surface area contributed by atoms with Gasteiger partial charge >= 0.3 is 0 Å². The van der Waals surface area contributed by atoms with E-state index in [2.05, 4.69) is 17.1 Å². The summed E-state index contributed by atoms with van der Waals surface area (Å²) in [5, 5.41) is 4.17. The molecule has 4 heteroatoms. The van der Waals surface area contributed by atoms with Gasteiger partial charge in [0.1, 0.15) is 5.75 Å². The minimum absolute atomic E-state index is 0.792. The van der Waals surface area contributed by atoms with E-state index in [4.69, 9.17) is 16.3 Å². The molecule has 0 aromatic heterocycles. The molecule has 0 aliphatic carbocycles. The molecule has 0 saturated carbocycles. The first-order chi connectivity index (χ1) is 9.13. The second kappa shape index (κ2) is 6.60. The molecule has 0 bridgehead atoms. The maximum atomic E-state index is 6.22. The van der Waals surface area contributed by atoms with Crippen molar-refractivity contribution in [1.29, 1.82) is 0 Å². The second-order valence-corrected chi connectivity index (χ2v) is 5.56. The van der Waals surface area contributed by atoms with E-state index in [1.807, 2.05) is 13.0 Å². The Morgan fingerprint density at radius 1 is 1.32 bits per heavy atom. The zero-order valence-electron chi connectivity index (χ0n) is 12.1. The lowest BCUT2D eigenvalue weighted by atomic mass is 10.0. The second-order valence-electron chi connectivity index (χ2n) is 5.15. The van der Waals surface area contributed by atoms with Crippen LogP contribution >= 0.6 is 11.6 Å². The number of rotatable bonds is 4. The number of aryl methyl sites for hydroxylation is 1. The van der Waals surface area contributed by atoms with Crippen LogP contribution in [0.15, 0.2) is 6.07 Å². The quantitative estimate of drug-likeness (QED) is 0.918. The largest absolute Gasteiger partial charge is 0.496 e. The van der Waals surface area contributed by atoms with Crippen LogP contribution in [0, 0.1) is 13.8 Å². The monoisotopic (exact) mass is 282 g/mol. The summed E-state index contributed by atoms with van der Waals surface area (Å²) in [6.07, 6.45) is 1.02. The van der Waals surface area contributed by atoms with E-state index < -0.39 is 0 Å². The Bertz CT molecular complexity index is 442. The average molecular weight is 283 g/mol. The van der Waals surface area contributed by atoms with Crippen LogP contribution in [0.1, 0.15) is 16.7 Å².